The van der Waals surface area contributed by atoms with E-state index in [2.05, 4.69) is 118 Å². The number of aromatic nitrogens is 2. The highest BCUT2D eigenvalue weighted by atomic mass is 16.5. The van der Waals surface area contributed by atoms with Gasteiger partial charge in [0.1, 0.15) is 22.5 Å². The van der Waals surface area contributed by atoms with E-state index in [0.29, 0.717) is 36.8 Å². The summed E-state index contributed by atoms with van der Waals surface area (Å²) in [6, 6.07) is 21.3. The first-order chi connectivity index (χ1) is 23.1. The lowest BCUT2D eigenvalue weighted by atomic mass is 9.86. The Morgan fingerprint density at radius 1 is 0.592 bits per heavy atom. The Morgan fingerprint density at radius 2 is 1.00 bits per heavy atom. The van der Waals surface area contributed by atoms with Crippen LogP contribution in [0.5, 0.6) is 11.5 Å². The van der Waals surface area contributed by atoms with Crippen LogP contribution in [-0.4, -0.2) is 23.2 Å². The number of fused-ring (bicyclic) bond motifs is 5. The van der Waals surface area contributed by atoms with Crippen molar-refractivity contribution in [2.45, 2.75) is 86.5 Å². The fourth-order valence-electron chi connectivity index (χ4n) is 6.56. The van der Waals surface area contributed by atoms with E-state index in [1.54, 1.807) is 0 Å². The van der Waals surface area contributed by atoms with Gasteiger partial charge in [0.05, 0.1) is 13.2 Å². The fraction of sp³-hybridized carbons (Fsp3) is 0.395. The molecule has 6 nitrogen and oxygen atoms in total. The monoisotopic (exact) mass is 656 g/mol. The summed E-state index contributed by atoms with van der Waals surface area (Å²) in [4.78, 5) is 9.88. The van der Waals surface area contributed by atoms with E-state index in [9.17, 15) is 0 Å². The van der Waals surface area contributed by atoms with Gasteiger partial charge in [-0.05, 0) is 87.7 Å². The van der Waals surface area contributed by atoms with E-state index in [1.165, 1.54) is 22.3 Å². The Bertz CT molecular complexity index is 2030. The Morgan fingerprint density at radius 3 is 1.37 bits per heavy atom. The van der Waals surface area contributed by atoms with Crippen molar-refractivity contribution in [1.82, 2.24) is 9.97 Å². The molecule has 1 aliphatic carbocycles. The molecule has 0 amide bonds. The van der Waals surface area contributed by atoms with Crippen LogP contribution in [0.3, 0.4) is 0 Å². The predicted octanol–water partition coefficient (Wildman–Crippen LogP) is 11.5. The Kier molecular flexibility index (Phi) is 8.12. The van der Waals surface area contributed by atoms with Crippen molar-refractivity contribution in [3.63, 3.8) is 0 Å². The zero-order chi connectivity index (χ0) is 34.8. The molecule has 0 bridgehead atoms. The maximum atomic E-state index is 6.36. The lowest BCUT2D eigenvalue weighted by Gasteiger charge is -2.23. The molecule has 49 heavy (non-hydrogen) atoms. The van der Waals surface area contributed by atoms with E-state index >= 15 is 0 Å². The molecular formula is C43H48N2O4. The molecule has 0 N–H and O–H groups in total. The van der Waals surface area contributed by atoms with Crippen LogP contribution in [0.15, 0.2) is 69.5 Å². The van der Waals surface area contributed by atoms with Gasteiger partial charge in [-0.3, -0.25) is 0 Å². The summed E-state index contributed by atoms with van der Waals surface area (Å²) >= 11 is 0. The topological polar surface area (TPSA) is 70.5 Å². The predicted molar refractivity (Wildman–Crippen MR) is 199 cm³/mol. The van der Waals surface area contributed by atoms with Crippen molar-refractivity contribution in [2.75, 3.05) is 13.2 Å². The third-order valence-electron chi connectivity index (χ3n) is 9.12. The summed E-state index contributed by atoms with van der Waals surface area (Å²) in [7, 11) is 0. The van der Waals surface area contributed by atoms with Crippen molar-refractivity contribution in [2.24, 2.45) is 11.8 Å². The van der Waals surface area contributed by atoms with Gasteiger partial charge in [-0.15, -0.1) is 0 Å². The van der Waals surface area contributed by atoms with Crippen LogP contribution in [0, 0.1) is 11.8 Å². The third kappa shape index (κ3) is 6.46. The largest absolute Gasteiger partial charge is 0.493 e. The van der Waals surface area contributed by atoms with Gasteiger partial charge < -0.3 is 18.3 Å². The van der Waals surface area contributed by atoms with Crippen molar-refractivity contribution in [3.8, 4) is 45.5 Å². The Hall–Kier alpha value is -4.58. The summed E-state index contributed by atoms with van der Waals surface area (Å²) in [6.07, 6.45) is 0.815. The third-order valence-corrected chi connectivity index (χ3v) is 9.12. The van der Waals surface area contributed by atoms with Gasteiger partial charge in [0.15, 0.2) is 11.2 Å². The first-order valence-electron chi connectivity index (χ1n) is 17.6. The number of hydrogen-bond acceptors (Lipinski definition) is 6. The van der Waals surface area contributed by atoms with Crippen LogP contribution in [0.4, 0.5) is 0 Å². The smallest absolute Gasteiger partial charge is 0.227 e. The SMILES string of the molecule is CC(C)COc1cc2oc(-c3ccc4c(c3)Cc3cc(-c5nc6cc(C(C)(C)C)c(OCC(C)C)cc6o5)ccc3-4)nc2cc1C(C)(C)C. The second-order valence-electron chi connectivity index (χ2n) is 16.5. The second-order valence-corrected chi connectivity index (χ2v) is 16.5. The summed E-state index contributed by atoms with van der Waals surface area (Å²) in [5, 5.41) is 0. The quantitative estimate of drug-likeness (QED) is 0.162. The van der Waals surface area contributed by atoms with Crippen LogP contribution in [-0.2, 0) is 17.3 Å². The molecule has 2 heterocycles. The number of benzene rings is 4. The van der Waals surface area contributed by atoms with E-state index in [0.717, 1.165) is 62.4 Å². The normalized spacial score (nSPS) is 13.1. The summed E-state index contributed by atoms with van der Waals surface area (Å²) in [6.45, 7) is 23.2. The molecule has 7 rings (SSSR count). The zero-order valence-corrected chi connectivity index (χ0v) is 30.6. The number of rotatable bonds is 8. The first kappa shape index (κ1) is 32.9. The summed E-state index contributed by atoms with van der Waals surface area (Å²) in [5.74, 6) is 3.83. The number of nitrogens with zero attached hydrogens (tertiary/aromatic N) is 2. The molecule has 1 aliphatic rings. The average Bonchev–Trinajstić information content (AvgIpc) is 3.74. The van der Waals surface area contributed by atoms with Gasteiger partial charge in [0, 0.05) is 34.4 Å². The van der Waals surface area contributed by atoms with Crippen LogP contribution in [0.25, 0.3) is 56.2 Å². The van der Waals surface area contributed by atoms with Crippen LogP contribution in [0.1, 0.15) is 91.5 Å². The van der Waals surface area contributed by atoms with Crippen LogP contribution in [0.2, 0.25) is 0 Å². The van der Waals surface area contributed by atoms with Crippen LogP contribution < -0.4 is 9.47 Å². The lowest BCUT2D eigenvalue weighted by molar-refractivity contribution is 0.265. The molecular weight excluding hydrogens is 608 g/mol. The first-order valence-corrected chi connectivity index (χ1v) is 17.6. The fourth-order valence-corrected chi connectivity index (χ4v) is 6.56. The highest BCUT2D eigenvalue weighted by Crippen LogP contribution is 2.43. The summed E-state index contributed by atoms with van der Waals surface area (Å²) < 4.78 is 25.2. The van der Waals surface area contributed by atoms with Gasteiger partial charge in [0.2, 0.25) is 11.8 Å². The van der Waals surface area contributed by atoms with Gasteiger partial charge in [-0.1, -0.05) is 81.4 Å². The molecule has 0 saturated carbocycles. The van der Waals surface area contributed by atoms with Gasteiger partial charge in [-0.2, -0.15) is 0 Å². The van der Waals surface area contributed by atoms with E-state index in [1.807, 2.05) is 12.1 Å². The molecule has 0 fully saturated rings. The van der Waals surface area contributed by atoms with Crippen molar-refractivity contribution >= 4 is 22.2 Å². The molecule has 4 aromatic carbocycles. The Labute approximate surface area is 289 Å². The number of oxazole rings is 2. The maximum absolute atomic E-state index is 6.36. The molecule has 0 radical (unpaired) electrons. The maximum Gasteiger partial charge on any atom is 0.227 e. The minimum Gasteiger partial charge on any atom is -0.493 e. The minimum absolute atomic E-state index is 0.0874. The molecule has 2 aromatic heterocycles. The number of hydrogen-bond donors (Lipinski definition) is 0. The van der Waals surface area contributed by atoms with E-state index in [4.69, 9.17) is 28.3 Å². The average molecular weight is 657 g/mol. The Balaban J connectivity index is 1.18. The second kappa shape index (κ2) is 12.1. The molecule has 0 aliphatic heterocycles. The van der Waals surface area contributed by atoms with Crippen molar-refractivity contribution in [1.29, 1.82) is 0 Å². The summed E-state index contributed by atoms with van der Waals surface area (Å²) in [5.41, 5.74) is 12.2. The van der Waals surface area contributed by atoms with Gasteiger partial charge in [0.25, 0.3) is 0 Å². The van der Waals surface area contributed by atoms with Gasteiger partial charge in [-0.25, -0.2) is 9.97 Å². The molecule has 0 unspecified atom stereocenters. The molecule has 0 atom stereocenters. The van der Waals surface area contributed by atoms with Crippen molar-refractivity contribution in [3.05, 3.63) is 82.9 Å². The molecule has 254 valence electrons. The van der Waals surface area contributed by atoms with Crippen molar-refractivity contribution < 1.29 is 18.3 Å². The molecule has 6 aromatic rings. The molecule has 6 heteroatoms. The standard InChI is InChI=1S/C43H48N2O4/c1-24(2)22-46-36-20-38-34(18-32(36)42(5,6)7)44-40(48-38)26-11-13-30-28(15-26)17-29-16-27(12-14-31(29)30)41-45-35-19-33(43(8,9)10)37(21-39(35)49-41)47-23-25(3)4/h11-16,18-21,24-25H,17,22-23H2,1-10H3. The van der Waals surface area contributed by atoms with E-state index < -0.39 is 0 Å². The lowest BCUT2D eigenvalue weighted by Crippen LogP contribution is -2.15. The van der Waals surface area contributed by atoms with Crippen LogP contribution >= 0.6 is 0 Å². The molecule has 0 spiro atoms. The highest BCUT2D eigenvalue weighted by molar-refractivity contribution is 5.84. The minimum atomic E-state index is -0.0874. The van der Waals surface area contributed by atoms with Gasteiger partial charge >= 0.3 is 0 Å². The zero-order valence-electron chi connectivity index (χ0n) is 30.6. The molecule has 0 saturated heterocycles. The highest BCUT2D eigenvalue weighted by Gasteiger charge is 2.26. The number of ether oxygens (including phenoxy) is 2. The van der Waals surface area contributed by atoms with E-state index in [-0.39, 0.29) is 10.8 Å².